The Balaban J connectivity index is 1.62. The van der Waals surface area contributed by atoms with Crippen LogP contribution in [0.5, 0.6) is 0 Å². The van der Waals surface area contributed by atoms with Gasteiger partial charge >= 0.3 is 0 Å². The summed E-state index contributed by atoms with van der Waals surface area (Å²) in [5.41, 5.74) is 2.36. The molecule has 0 bridgehead atoms. The van der Waals surface area contributed by atoms with Crippen molar-refractivity contribution in [3.8, 4) is 0 Å². The Kier molecular flexibility index (Phi) is 6.07. The molecule has 1 N–H and O–H groups in total. The summed E-state index contributed by atoms with van der Waals surface area (Å²) in [5, 5.41) is 3.72. The minimum Gasteiger partial charge on any atom is -0.326 e. The number of amides is 1. The molecule has 4 nitrogen and oxygen atoms in total. The average Bonchev–Trinajstić information content (AvgIpc) is 2.64. The molecule has 136 valence electrons. The molecule has 26 heavy (non-hydrogen) atoms. The fraction of sp³-hybridized carbons (Fsp3) is 0.333. The van der Waals surface area contributed by atoms with Crippen LogP contribution < -0.4 is 5.32 Å². The second-order valence-corrected chi connectivity index (χ2v) is 7.20. The third kappa shape index (κ3) is 4.71. The first-order valence-electron chi connectivity index (χ1n) is 8.90. The first-order chi connectivity index (χ1) is 12.5. The number of anilines is 1. The molecular weight excluding hydrogens is 348 g/mol. The van der Waals surface area contributed by atoms with E-state index in [1.165, 1.54) is 6.92 Å². The zero-order valence-electron chi connectivity index (χ0n) is 14.9. The zero-order chi connectivity index (χ0) is 18.5. The SMILES string of the molecule is CC(=O)c1cccc(NC(=O)[C@H]2CCCN(Cc3ccccc3Cl)C2)c1. The summed E-state index contributed by atoms with van der Waals surface area (Å²) < 4.78 is 0. The first-order valence-corrected chi connectivity index (χ1v) is 9.28. The van der Waals surface area contributed by atoms with Crippen molar-refractivity contribution in [2.75, 3.05) is 18.4 Å². The molecule has 1 atom stereocenters. The largest absolute Gasteiger partial charge is 0.326 e. The molecule has 1 saturated heterocycles. The van der Waals surface area contributed by atoms with Crippen LogP contribution in [-0.4, -0.2) is 29.7 Å². The van der Waals surface area contributed by atoms with E-state index in [4.69, 9.17) is 11.6 Å². The lowest BCUT2D eigenvalue weighted by Gasteiger charge is -2.32. The van der Waals surface area contributed by atoms with Crippen molar-refractivity contribution >= 4 is 29.0 Å². The molecular formula is C21H23ClN2O2. The van der Waals surface area contributed by atoms with Crippen LogP contribution in [0.25, 0.3) is 0 Å². The Morgan fingerprint density at radius 2 is 2.00 bits per heavy atom. The molecule has 1 aliphatic rings. The van der Waals surface area contributed by atoms with Gasteiger partial charge in [0.15, 0.2) is 5.78 Å². The van der Waals surface area contributed by atoms with E-state index in [1.54, 1.807) is 18.2 Å². The lowest BCUT2D eigenvalue weighted by atomic mass is 9.96. The number of benzene rings is 2. The van der Waals surface area contributed by atoms with Crippen molar-refractivity contribution in [3.63, 3.8) is 0 Å². The first kappa shape index (κ1) is 18.6. The molecule has 0 unspecified atom stereocenters. The van der Waals surface area contributed by atoms with Gasteiger partial charge in [-0.1, -0.05) is 41.9 Å². The van der Waals surface area contributed by atoms with Crippen LogP contribution >= 0.6 is 11.6 Å². The van der Waals surface area contributed by atoms with Crippen molar-refractivity contribution < 1.29 is 9.59 Å². The molecule has 1 fully saturated rings. The normalized spacial score (nSPS) is 17.7. The number of piperidine rings is 1. The van der Waals surface area contributed by atoms with Crippen LogP contribution in [0.15, 0.2) is 48.5 Å². The highest BCUT2D eigenvalue weighted by molar-refractivity contribution is 6.31. The highest BCUT2D eigenvalue weighted by Crippen LogP contribution is 2.23. The molecule has 0 aromatic heterocycles. The summed E-state index contributed by atoms with van der Waals surface area (Å²) in [6, 6.07) is 14.9. The van der Waals surface area contributed by atoms with Gasteiger partial charge in [-0.05, 0) is 50.1 Å². The smallest absolute Gasteiger partial charge is 0.228 e. The van der Waals surface area contributed by atoms with Gasteiger partial charge in [0.1, 0.15) is 0 Å². The second-order valence-electron chi connectivity index (χ2n) is 6.79. The third-order valence-corrected chi connectivity index (χ3v) is 5.13. The minimum absolute atomic E-state index is 0.00885. The number of hydrogen-bond donors (Lipinski definition) is 1. The van der Waals surface area contributed by atoms with Crippen molar-refractivity contribution in [1.82, 2.24) is 4.90 Å². The predicted molar refractivity (Wildman–Crippen MR) is 105 cm³/mol. The van der Waals surface area contributed by atoms with Gasteiger partial charge in [0.2, 0.25) is 5.91 Å². The number of ketones is 1. The Morgan fingerprint density at radius 1 is 1.19 bits per heavy atom. The lowest BCUT2D eigenvalue weighted by molar-refractivity contribution is -0.121. The highest BCUT2D eigenvalue weighted by atomic mass is 35.5. The summed E-state index contributed by atoms with van der Waals surface area (Å²) in [6.07, 6.45) is 1.85. The van der Waals surface area contributed by atoms with Crippen molar-refractivity contribution in [2.45, 2.75) is 26.3 Å². The summed E-state index contributed by atoms with van der Waals surface area (Å²) >= 11 is 6.26. The third-order valence-electron chi connectivity index (χ3n) is 4.76. The lowest BCUT2D eigenvalue weighted by Crippen LogP contribution is -2.40. The average molecular weight is 371 g/mol. The van der Waals surface area contributed by atoms with Gasteiger partial charge < -0.3 is 5.32 Å². The number of hydrogen-bond acceptors (Lipinski definition) is 3. The number of carbonyl (C=O) groups is 2. The van der Waals surface area contributed by atoms with Gasteiger partial charge in [0, 0.05) is 29.4 Å². The molecule has 0 saturated carbocycles. The van der Waals surface area contributed by atoms with E-state index >= 15 is 0 Å². The molecule has 0 spiro atoms. The van der Waals surface area contributed by atoms with Crippen molar-refractivity contribution in [2.24, 2.45) is 5.92 Å². The topological polar surface area (TPSA) is 49.4 Å². The van der Waals surface area contributed by atoms with E-state index in [1.807, 2.05) is 30.3 Å². The fourth-order valence-corrected chi connectivity index (χ4v) is 3.54. The van der Waals surface area contributed by atoms with E-state index in [0.717, 1.165) is 36.5 Å². The molecule has 0 aliphatic carbocycles. The standard InChI is InChI=1S/C21H23ClN2O2/c1-15(25)16-7-4-9-19(12-16)23-21(26)18-8-5-11-24(14-18)13-17-6-2-3-10-20(17)22/h2-4,6-7,9-10,12,18H,5,8,11,13-14H2,1H3,(H,23,26)/t18-/m0/s1. The van der Waals surface area contributed by atoms with Crippen LogP contribution in [0, 0.1) is 5.92 Å². The summed E-state index contributed by atoms with van der Waals surface area (Å²) in [5.74, 6) is -0.0635. The summed E-state index contributed by atoms with van der Waals surface area (Å²) in [7, 11) is 0. The van der Waals surface area contributed by atoms with Gasteiger partial charge in [0.25, 0.3) is 0 Å². The fourth-order valence-electron chi connectivity index (χ4n) is 3.34. The van der Waals surface area contributed by atoms with E-state index in [0.29, 0.717) is 17.8 Å². The molecule has 2 aromatic rings. The maximum atomic E-state index is 12.7. The second kappa shape index (κ2) is 8.47. The highest BCUT2D eigenvalue weighted by Gasteiger charge is 2.26. The minimum atomic E-state index is -0.0628. The molecule has 0 radical (unpaired) electrons. The number of carbonyl (C=O) groups excluding carboxylic acids is 2. The van der Waals surface area contributed by atoms with E-state index in [9.17, 15) is 9.59 Å². The zero-order valence-corrected chi connectivity index (χ0v) is 15.6. The van der Waals surface area contributed by atoms with E-state index < -0.39 is 0 Å². The Bertz CT molecular complexity index is 806. The maximum absolute atomic E-state index is 12.7. The molecule has 1 heterocycles. The van der Waals surface area contributed by atoms with Crippen LogP contribution in [0.1, 0.15) is 35.7 Å². The summed E-state index contributed by atoms with van der Waals surface area (Å²) in [6.45, 7) is 3.95. The number of likely N-dealkylation sites (tertiary alicyclic amines) is 1. The van der Waals surface area contributed by atoms with Crippen molar-refractivity contribution in [3.05, 3.63) is 64.7 Å². The van der Waals surface area contributed by atoms with Crippen LogP contribution in [0.2, 0.25) is 5.02 Å². The summed E-state index contributed by atoms with van der Waals surface area (Å²) in [4.78, 5) is 26.4. The number of nitrogens with zero attached hydrogens (tertiary/aromatic N) is 1. The molecule has 1 aliphatic heterocycles. The number of nitrogens with one attached hydrogen (secondary N) is 1. The number of rotatable bonds is 5. The molecule has 1 amide bonds. The molecule has 5 heteroatoms. The quantitative estimate of drug-likeness (QED) is 0.794. The van der Waals surface area contributed by atoms with E-state index in [-0.39, 0.29) is 17.6 Å². The predicted octanol–water partition coefficient (Wildman–Crippen LogP) is 4.39. The Hall–Kier alpha value is -2.17. The van der Waals surface area contributed by atoms with E-state index in [2.05, 4.69) is 10.2 Å². The van der Waals surface area contributed by atoms with Gasteiger partial charge in [-0.2, -0.15) is 0 Å². The van der Waals surface area contributed by atoms with Crippen LogP contribution in [0.3, 0.4) is 0 Å². The maximum Gasteiger partial charge on any atom is 0.228 e. The van der Waals surface area contributed by atoms with Gasteiger partial charge in [0.05, 0.1) is 5.92 Å². The monoisotopic (exact) mass is 370 g/mol. The molecule has 2 aromatic carbocycles. The van der Waals surface area contributed by atoms with Gasteiger partial charge in [-0.15, -0.1) is 0 Å². The number of Topliss-reactive ketones (excluding diaryl/α,β-unsaturated/α-hetero) is 1. The van der Waals surface area contributed by atoms with Crippen molar-refractivity contribution in [1.29, 1.82) is 0 Å². The molecule has 3 rings (SSSR count). The Morgan fingerprint density at radius 3 is 2.77 bits per heavy atom. The van der Waals surface area contributed by atoms with Gasteiger partial charge in [-0.3, -0.25) is 14.5 Å². The van der Waals surface area contributed by atoms with Crippen LogP contribution in [-0.2, 0) is 11.3 Å². The van der Waals surface area contributed by atoms with Gasteiger partial charge in [-0.25, -0.2) is 0 Å². The Labute approximate surface area is 159 Å². The van der Waals surface area contributed by atoms with Crippen LogP contribution in [0.4, 0.5) is 5.69 Å². The number of halogens is 1.